The maximum atomic E-state index is 5.40. The molecule has 0 aliphatic carbocycles. The largest absolute Gasteiger partial charge is 0.493 e. The van der Waals surface area contributed by atoms with E-state index in [2.05, 4.69) is 33.2 Å². The second kappa shape index (κ2) is 15.6. The van der Waals surface area contributed by atoms with Crippen molar-refractivity contribution in [3.8, 4) is 11.5 Å². The van der Waals surface area contributed by atoms with Gasteiger partial charge in [0, 0.05) is 27.2 Å². The second-order valence-electron chi connectivity index (χ2n) is 7.80. The molecule has 1 aromatic carbocycles. The van der Waals surface area contributed by atoms with Gasteiger partial charge in [0.15, 0.2) is 17.5 Å². The lowest BCUT2D eigenvalue weighted by Gasteiger charge is -2.26. The molecule has 0 unspecified atom stereocenters. The van der Waals surface area contributed by atoms with Crippen LogP contribution < -0.4 is 14.8 Å². The van der Waals surface area contributed by atoms with Crippen molar-refractivity contribution in [2.75, 3.05) is 61.0 Å². The molecular weight excluding hydrogens is 491 g/mol. The summed E-state index contributed by atoms with van der Waals surface area (Å²) in [4.78, 5) is 9.24. The fraction of sp³-hybridized carbons (Fsp3) is 0.696. The summed E-state index contributed by atoms with van der Waals surface area (Å²) in [6, 6.07) is 6.10. The standard InChI is InChI=1S/C23H40N4O2.HI/c1-24-23(25-14-7-5-8-15-27-16-9-6-10-17-27)26(2)18-13-20-11-12-21(28-3)22(19-20)29-4;/h11-12,19H,5-10,13-18H2,1-4H3,(H,24,25);1H. The Morgan fingerprint density at radius 3 is 2.47 bits per heavy atom. The van der Waals surface area contributed by atoms with E-state index in [1.807, 2.05) is 19.2 Å². The van der Waals surface area contributed by atoms with Crippen LogP contribution >= 0.6 is 24.0 Å². The Morgan fingerprint density at radius 2 is 1.80 bits per heavy atom. The molecule has 1 saturated heterocycles. The number of rotatable bonds is 11. The lowest BCUT2D eigenvalue weighted by molar-refractivity contribution is 0.224. The van der Waals surface area contributed by atoms with Gasteiger partial charge in [0.25, 0.3) is 0 Å². The van der Waals surface area contributed by atoms with Crippen LogP contribution in [0, 0.1) is 0 Å². The minimum absolute atomic E-state index is 0. The molecule has 1 aliphatic heterocycles. The molecule has 1 fully saturated rings. The number of guanidine groups is 1. The van der Waals surface area contributed by atoms with Crippen LogP contribution in [0.5, 0.6) is 11.5 Å². The van der Waals surface area contributed by atoms with Gasteiger partial charge in [-0.05, 0) is 69.4 Å². The topological polar surface area (TPSA) is 49.3 Å². The Labute approximate surface area is 200 Å². The maximum Gasteiger partial charge on any atom is 0.193 e. The number of likely N-dealkylation sites (N-methyl/N-ethyl adjacent to an activating group) is 1. The summed E-state index contributed by atoms with van der Waals surface area (Å²) in [5.41, 5.74) is 1.22. The quantitative estimate of drug-likeness (QED) is 0.202. The number of nitrogens with one attached hydrogen (secondary N) is 1. The minimum atomic E-state index is 0. The Hall–Kier alpha value is -1.22. The van der Waals surface area contributed by atoms with Crippen molar-refractivity contribution in [1.82, 2.24) is 15.1 Å². The Kier molecular flexibility index (Phi) is 13.9. The van der Waals surface area contributed by atoms with E-state index in [0.29, 0.717) is 0 Å². The molecule has 2 rings (SSSR count). The van der Waals surface area contributed by atoms with Crippen molar-refractivity contribution in [2.45, 2.75) is 44.9 Å². The Balaban J connectivity index is 0.00000450. The monoisotopic (exact) mass is 532 g/mol. The molecule has 0 saturated carbocycles. The fourth-order valence-electron chi connectivity index (χ4n) is 3.84. The zero-order valence-corrected chi connectivity index (χ0v) is 21.6. The highest BCUT2D eigenvalue weighted by Gasteiger charge is 2.10. The smallest absolute Gasteiger partial charge is 0.193 e. The van der Waals surface area contributed by atoms with Crippen LogP contribution in [-0.4, -0.2) is 76.8 Å². The average molecular weight is 533 g/mol. The summed E-state index contributed by atoms with van der Waals surface area (Å²) in [6.45, 7) is 5.74. The summed E-state index contributed by atoms with van der Waals surface area (Å²) in [5.74, 6) is 2.50. The molecule has 0 radical (unpaired) electrons. The number of unbranched alkanes of at least 4 members (excludes halogenated alkanes) is 2. The van der Waals surface area contributed by atoms with E-state index in [4.69, 9.17) is 9.47 Å². The van der Waals surface area contributed by atoms with Gasteiger partial charge < -0.3 is 24.6 Å². The molecule has 1 heterocycles. The molecule has 6 nitrogen and oxygen atoms in total. The first-order valence-corrected chi connectivity index (χ1v) is 11.0. The lowest BCUT2D eigenvalue weighted by Crippen LogP contribution is -2.40. The molecule has 0 aromatic heterocycles. The van der Waals surface area contributed by atoms with Gasteiger partial charge in [-0.1, -0.05) is 18.9 Å². The highest BCUT2D eigenvalue weighted by Crippen LogP contribution is 2.27. The summed E-state index contributed by atoms with van der Waals surface area (Å²) in [5, 5.41) is 3.50. The second-order valence-corrected chi connectivity index (χ2v) is 7.80. The van der Waals surface area contributed by atoms with E-state index >= 15 is 0 Å². The molecule has 0 spiro atoms. The number of likely N-dealkylation sites (tertiary alicyclic amines) is 1. The normalized spacial score (nSPS) is 14.7. The number of aliphatic imine (C=N–C) groups is 1. The third kappa shape index (κ3) is 9.29. The summed E-state index contributed by atoms with van der Waals surface area (Å²) in [6.07, 6.45) is 8.87. The van der Waals surface area contributed by atoms with Gasteiger partial charge >= 0.3 is 0 Å². The Morgan fingerprint density at radius 1 is 1.07 bits per heavy atom. The van der Waals surface area contributed by atoms with E-state index in [1.54, 1.807) is 14.2 Å². The van der Waals surface area contributed by atoms with E-state index < -0.39 is 0 Å². The van der Waals surface area contributed by atoms with Crippen molar-refractivity contribution >= 4 is 29.9 Å². The maximum absolute atomic E-state index is 5.40. The molecule has 30 heavy (non-hydrogen) atoms. The number of hydrogen-bond acceptors (Lipinski definition) is 4. The van der Waals surface area contributed by atoms with Crippen molar-refractivity contribution in [3.05, 3.63) is 23.8 Å². The van der Waals surface area contributed by atoms with Gasteiger partial charge in [-0.3, -0.25) is 4.99 Å². The van der Waals surface area contributed by atoms with Crippen LogP contribution in [0.4, 0.5) is 0 Å². The first-order chi connectivity index (χ1) is 14.2. The number of nitrogens with zero attached hydrogens (tertiary/aromatic N) is 3. The molecular formula is C23H41IN4O2. The van der Waals surface area contributed by atoms with Gasteiger partial charge in [0.1, 0.15) is 0 Å². The van der Waals surface area contributed by atoms with E-state index in [9.17, 15) is 0 Å². The average Bonchev–Trinajstić information content (AvgIpc) is 2.77. The first-order valence-electron chi connectivity index (χ1n) is 11.0. The third-order valence-corrected chi connectivity index (χ3v) is 5.64. The fourth-order valence-corrected chi connectivity index (χ4v) is 3.84. The van der Waals surface area contributed by atoms with Gasteiger partial charge in [-0.2, -0.15) is 0 Å². The molecule has 7 heteroatoms. The predicted octanol–water partition coefficient (Wildman–Crippen LogP) is 4.03. The molecule has 0 bridgehead atoms. The highest BCUT2D eigenvalue weighted by atomic mass is 127. The molecule has 172 valence electrons. The van der Waals surface area contributed by atoms with E-state index in [0.717, 1.165) is 37.0 Å². The van der Waals surface area contributed by atoms with Gasteiger partial charge in [-0.15, -0.1) is 24.0 Å². The van der Waals surface area contributed by atoms with Crippen molar-refractivity contribution in [2.24, 2.45) is 4.99 Å². The third-order valence-electron chi connectivity index (χ3n) is 5.64. The SMILES string of the molecule is CN=C(NCCCCCN1CCCCC1)N(C)CCc1ccc(OC)c(OC)c1.I. The zero-order chi connectivity index (χ0) is 20.9. The number of hydrogen-bond donors (Lipinski definition) is 1. The van der Waals surface area contributed by atoms with Crippen LogP contribution in [0.2, 0.25) is 0 Å². The number of benzene rings is 1. The zero-order valence-electron chi connectivity index (χ0n) is 19.3. The summed E-state index contributed by atoms with van der Waals surface area (Å²) in [7, 11) is 7.28. The van der Waals surface area contributed by atoms with E-state index in [-0.39, 0.29) is 24.0 Å². The lowest BCUT2D eigenvalue weighted by atomic mass is 10.1. The number of ether oxygens (including phenoxy) is 2. The predicted molar refractivity (Wildman–Crippen MR) is 137 cm³/mol. The number of methoxy groups -OCH3 is 2. The van der Waals surface area contributed by atoms with Crippen molar-refractivity contribution in [3.63, 3.8) is 0 Å². The van der Waals surface area contributed by atoms with E-state index in [1.165, 1.54) is 63.7 Å². The summed E-state index contributed by atoms with van der Waals surface area (Å²) < 4.78 is 10.7. The highest BCUT2D eigenvalue weighted by molar-refractivity contribution is 14.0. The van der Waals surface area contributed by atoms with Crippen LogP contribution in [-0.2, 0) is 6.42 Å². The van der Waals surface area contributed by atoms with Gasteiger partial charge in [0.05, 0.1) is 14.2 Å². The van der Waals surface area contributed by atoms with Crippen molar-refractivity contribution < 1.29 is 9.47 Å². The van der Waals surface area contributed by atoms with Crippen molar-refractivity contribution in [1.29, 1.82) is 0 Å². The van der Waals surface area contributed by atoms with Gasteiger partial charge in [-0.25, -0.2) is 0 Å². The molecule has 1 N–H and O–H groups in total. The number of piperidine rings is 1. The molecule has 1 aliphatic rings. The van der Waals surface area contributed by atoms with Crippen LogP contribution in [0.15, 0.2) is 23.2 Å². The van der Waals surface area contributed by atoms with Crippen LogP contribution in [0.3, 0.4) is 0 Å². The first kappa shape index (κ1) is 26.8. The van der Waals surface area contributed by atoms with Crippen LogP contribution in [0.1, 0.15) is 44.1 Å². The minimum Gasteiger partial charge on any atom is -0.493 e. The molecule has 1 aromatic rings. The molecule has 0 atom stereocenters. The Bertz CT molecular complexity index is 621. The molecule has 0 amide bonds. The van der Waals surface area contributed by atoms with Crippen LogP contribution in [0.25, 0.3) is 0 Å². The number of halogens is 1. The summed E-state index contributed by atoms with van der Waals surface area (Å²) >= 11 is 0. The van der Waals surface area contributed by atoms with Gasteiger partial charge in [0.2, 0.25) is 0 Å².